The van der Waals surface area contributed by atoms with Crippen molar-refractivity contribution in [3.8, 4) is 0 Å². The van der Waals surface area contributed by atoms with Crippen molar-refractivity contribution in [1.82, 2.24) is 10.2 Å². The lowest BCUT2D eigenvalue weighted by Gasteiger charge is -2.26. The third kappa shape index (κ3) is 5.17. The van der Waals surface area contributed by atoms with E-state index in [1.54, 1.807) is 0 Å². The molecule has 1 saturated heterocycles. The Bertz CT molecular complexity index is 297. The molecule has 0 saturated carbocycles. The van der Waals surface area contributed by atoms with Gasteiger partial charge in [0.1, 0.15) is 0 Å². The molecule has 0 aromatic rings. The zero-order chi connectivity index (χ0) is 13.1. The molecule has 0 aliphatic carbocycles. The second kappa shape index (κ2) is 5.49. The topological polar surface area (TPSA) is 69.6 Å². The summed E-state index contributed by atoms with van der Waals surface area (Å²) in [5, 5.41) is 11.7. The average Bonchev–Trinajstić information content (AvgIpc) is 2.47. The molecule has 1 fully saturated rings. The molecule has 1 rings (SSSR count). The van der Waals surface area contributed by atoms with Crippen LogP contribution in [0.3, 0.4) is 0 Å². The van der Waals surface area contributed by atoms with Crippen molar-refractivity contribution < 1.29 is 14.7 Å². The van der Waals surface area contributed by atoms with Gasteiger partial charge >= 0.3 is 5.97 Å². The summed E-state index contributed by atoms with van der Waals surface area (Å²) in [7, 11) is 0. The molecule has 0 radical (unpaired) electrons. The fourth-order valence-corrected chi connectivity index (χ4v) is 2.18. The smallest absolute Gasteiger partial charge is 0.304 e. The Morgan fingerprint density at radius 1 is 1.41 bits per heavy atom. The molecule has 0 spiro atoms. The number of aliphatic carboxylic acids is 1. The summed E-state index contributed by atoms with van der Waals surface area (Å²) in [4.78, 5) is 24.4. The minimum atomic E-state index is -0.793. The Labute approximate surface area is 102 Å². The van der Waals surface area contributed by atoms with Crippen LogP contribution in [0.25, 0.3) is 0 Å². The molecule has 1 amide bonds. The van der Waals surface area contributed by atoms with E-state index in [1.807, 2.05) is 25.7 Å². The first-order valence-electron chi connectivity index (χ1n) is 6.05. The predicted octanol–water partition coefficient (Wildman–Crippen LogP) is 0.840. The molecule has 0 aromatic carbocycles. The van der Waals surface area contributed by atoms with Crippen molar-refractivity contribution in [2.75, 3.05) is 13.1 Å². The van der Waals surface area contributed by atoms with E-state index < -0.39 is 5.97 Å². The highest BCUT2D eigenvalue weighted by Crippen LogP contribution is 2.19. The van der Waals surface area contributed by atoms with Crippen molar-refractivity contribution in [2.24, 2.45) is 0 Å². The van der Waals surface area contributed by atoms with Crippen LogP contribution in [-0.2, 0) is 9.59 Å². The van der Waals surface area contributed by atoms with E-state index in [-0.39, 0.29) is 23.9 Å². The Kier molecular flexibility index (Phi) is 4.51. The highest BCUT2D eigenvalue weighted by atomic mass is 16.4. The van der Waals surface area contributed by atoms with E-state index in [9.17, 15) is 9.59 Å². The van der Waals surface area contributed by atoms with Gasteiger partial charge in [0.2, 0.25) is 5.91 Å². The van der Waals surface area contributed by atoms with E-state index in [4.69, 9.17) is 5.11 Å². The van der Waals surface area contributed by atoms with Crippen LogP contribution in [0.4, 0.5) is 0 Å². The summed E-state index contributed by atoms with van der Waals surface area (Å²) in [5.74, 6) is -0.826. The molecule has 0 aromatic heterocycles. The Morgan fingerprint density at radius 2 is 2.06 bits per heavy atom. The third-order valence-corrected chi connectivity index (χ3v) is 2.77. The molecule has 1 unspecified atom stereocenters. The standard InChI is InChI=1S/C12H22N2O3/c1-12(2,3)13-10(15)8-14-6-4-5-9(14)7-11(16)17/h9H,4-8H2,1-3H3,(H,13,15)(H,16,17). The second-order valence-corrected chi connectivity index (χ2v) is 5.66. The molecule has 17 heavy (non-hydrogen) atoms. The molecule has 1 aliphatic heterocycles. The highest BCUT2D eigenvalue weighted by Gasteiger charge is 2.28. The molecular weight excluding hydrogens is 220 g/mol. The van der Waals surface area contributed by atoms with Gasteiger partial charge in [0.05, 0.1) is 13.0 Å². The summed E-state index contributed by atoms with van der Waals surface area (Å²) in [6.07, 6.45) is 1.97. The van der Waals surface area contributed by atoms with Crippen molar-refractivity contribution in [3.05, 3.63) is 0 Å². The van der Waals surface area contributed by atoms with E-state index >= 15 is 0 Å². The van der Waals surface area contributed by atoms with Crippen molar-refractivity contribution >= 4 is 11.9 Å². The van der Waals surface area contributed by atoms with E-state index in [1.165, 1.54) is 0 Å². The Hall–Kier alpha value is -1.10. The molecule has 98 valence electrons. The van der Waals surface area contributed by atoms with Gasteiger partial charge in [0.25, 0.3) is 0 Å². The van der Waals surface area contributed by atoms with Crippen molar-refractivity contribution in [1.29, 1.82) is 0 Å². The van der Waals surface area contributed by atoms with Crippen LogP contribution in [0, 0.1) is 0 Å². The summed E-state index contributed by atoms with van der Waals surface area (Å²) in [6, 6.07) is 0.0122. The second-order valence-electron chi connectivity index (χ2n) is 5.66. The normalized spacial score (nSPS) is 21.5. The fourth-order valence-electron chi connectivity index (χ4n) is 2.18. The molecule has 1 atom stereocenters. The van der Waals surface area contributed by atoms with Gasteiger partial charge in [-0.2, -0.15) is 0 Å². The number of hydrogen-bond acceptors (Lipinski definition) is 3. The first kappa shape index (κ1) is 14.0. The SMILES string of the molecule is CC(C)(C)NC(=O)CN1CCCC1CC(=O)O. The first-order valence-corrected chi connectivity index (χ1v) is 6.05. The van der Waals surface area contributed by atoms with E-state index in [0.717, 1.165) is 19.4 Å². The largest absolute Gasteiger partial charge is 0.481 e. The third-order valence-electron chi connectivity index (χ3n) is 2.77. The quantitative estimate of drug-likeness (QED) is 0.766. The maximum absolute atomic E-state index is 11.7. The highest BCUT2D eigenvalue weighted by molar-refractivity contribution is 5.79. The number of carboxylic acids is 1. The van der Waals surface area contributed by atoms with Crippen LogP contribution < -0.4 is 5.32 Å². The summed E-state index contributed by atoms with van der Waals surface area (Å²) < 4.78 is 0. The van der Waals surface area contributed by atoms with Crippen LogP contribution in [0.15, 0.2) is 0 Å². The minimum Gasteiger partial charge on any atom is -0.481 e. The van der Waals surface area contributed by atoms with Crippen molar-refractivity contribution in [3.63, 3.8) is 0 Å². The van der Waals surface area contributed by atoms with Crippen LogP contribution in [0.2, 0.25) is 0 Å². The minimum absolute atomic E-state index is 0.0122. The Balaban J connectivity index is 2.44. The van der Waals surface area contributed by atoms with Gasteiger partial charge in [-0.3, -0.25) is 14.5 Å². The van der Waals surface area contributed by atoms with Crippen LogP contribution in [0.1, 0.15) is 40.0 Å². The molecule has 5 heteroatoms. The molecule has 5 nitrogen and oxygen atoms in total. The molecule has 2 N–H and O–H groups in total. The van der Waals surface area contributed by atoms with Crippen LogP contribution >= 0.6 is 0 Å². The summed E-state index contributed by atoms with van der Waals surface area (Å²) in [5.41, 5.74) is -0.237. The number of hydrogen-bond donors (Lipinski definition) is 2. The number of rotatable bonds is 4. The number of nitrogens with zero attached hydrogens (tertiary/aromatic N) is 1. The monoisotopic (exact) mass is 242 g/mol. The predicted molar refractivity (Wildman–Crippen MR) is 64.7 cm³/mol. The average molecular weight is 242 g/mol. The van der Waals surface area contributed by atoms with Gasteiger partial charge in [-0.25, -0.2) is 0 Å². The fraction of sp³-hybridized carbons (Fsp3) is 0.833. The van der Waals surface area contributed by atoms with Crippen LogP contribution in [-0.4, -0.2) is 46.6 Å². The maximum atomic E-state index is 11.7. The molecular formula is C12H22N2O3. The summed E-state index contributed by atoms with van der Waals surface area (Å²) in [6.45, 7) is 6.92. The van der Waals surface area contributed by atoms with Gasteiger partial charge < -0.3 is 10.4 Å². The number of nitrogens with one attached hydrogen (secondary N) is 1. The zero-order valence-corrected chi connectivity index (χ0v) is 10.8. The number of likely N-dealkylation sites (tertiary alicyclic amines) is 1. The van der Waals surface area contributed by atoms with Gasteiger partial charge in [-0.1, -0.05) is 0 Å². The number of amides is 1. The van der Waals surface area contributed by atoms with Gasteiger partial charge in [-0.05, 0) is 40.2 Å². The lowest BCUT2D eigenvalue weighted by atomic mass is 10.1. The number of carboxylic acid groups (broad SMARTS) is 1. The Morgan fingerprint density at radius 3 is 2.59 bits per heavy atom. The van der Waals surface area contributed by atoms with E-state index in [2.05, 4.69) is 5.32 Å². The van der Waals surface area contributed by atoms with Gasteiger partial charge in [0.15, 0.2) is 0 Å². The number of carbonyl (C=O) groups is 2. The van der Waals surface area contributed by atoms with Gasteiger partial charge in [0, 0.05) is 11.6 Å². The van der Waals surface area contributed by atoms with Gasteiger partial charge in [-0.15, -0.1) is 0 Å². The zero-order valence-electron chi connectivity index (χ0n) is 10.8. The molecule has 1 aliphatic rings. The lowest BCUT2D eigenvalue weighted by molar-refractivity contribution is -0.138. The number of carbonyl (C=O) groups excluding carboxylic acids is 1. The molecule has 1 heterocycles. The summed E-state index contributed by atoms with van der Waals surface area (Å²) >= 11 is 0. The van der Waals surface area contributed by atoms with Crippen LogP contribution in [0.5, 0.6) is 0 Å². The first-order chi connectivity index (χ1) is 7.78. The molecule has 0 bridgehead atoms. The van der Waals surface area contributed by atoms with E-state index in [0.29, 0.717) is 6.54 Å². The maximum Gasteiger partial charge on any atom is 0.304 e. The van der Waals surface area contributed by atoms with Crippen molar-refractivity contribution in [2.45, 2.75) is 51.6 Å². The lowest BCUT2D eigenvalue weighted by Crippen LogP contribution is -2.47.